The van der Waals surface area contributed by atoms with Gasteiger partial charge in [0, 0.05) is 0 Å². The van der Waals surface area contributed by atoms with Crippen molar-refractivity contribution in [1.82, 2.24) is 0 Å². The molecule has 0 saturated carbocycles. The van der Waals surface area contributed by atoms with E-state index in [1.807, 2.05) is 0 Å². The number of hydrogen-bond donors (Lipinski definition) is 3. The number of amides is 1. The van der Waals surface area contributed by atoms with E-state index in [4.69, 9.17) is 5.73 Å². The van der Waals surface area contributed by atoms with Crippen molar-refractivity contribution < 1.29 is 9.90 Å². The number of benzene rings is 1. The van der Waals surface area contributed by atoms with Gasteiger partial charge in [0.15, 0.2) is 5.75 Å². The molecule has 0 aromatic heterocycles. The lowest BCUT2D eigenvalue weighted by Gasteiger charge is -2.09. The minimum absolute atomic E-state index is 0.00139. The van der Waals surface area contributed by atoms with Gasteiger partial charge in [-0.25, -0.2) is 0 Å². The second kappa shape index (κ2) is 4.43. The van der Waals surface area contributed by atoms with Crippen LogP contribution in [0.4, 0.5) is 5.69 Å². The number of phenols is 1. The van der Waals surface area contributed by atoms with Crippen LogP contribution in [0.25, 0.3) is 0 Å². The van der Waals surface area contributed by atoms with Crippen LogP contribution in [0.15, 0.2) is 22.7 Å². The van der Waals surface area contributed by atoms with Gasteiger partial charge in [-0.2, -0.15) is 0 Å². The third-order valence-electron chi connectivity index (χ3n) is 1.66. The maximum absolute atomic E-state index is 11.2. The third-order valence-corrected chi connectivity index (χ3v) is 2.30. The third kappa shape index (κ3) is 2.46. The van der Waals surface area contributed by atoms with Crippen molar-refractivity contribution in [3.05, 3.63) is 22.7 Å². The zero-order chi connectivity index (χ0) is 10.7. The predicted molar refractivity (Wildman–Crippen MR) is 58.1 cm³/mol. The van der Waals surface area contributed by atoms with Crippen molar-refractivity contribution in [2.45, 2.75) is 13.0 Å². The maximum Gasteiger partial charge on any atom is 0.241 e. The van der Waals surface area contributed by atoms with Crippen LogP contribution < -0.4 is 11.1 Å². The van der Waals surface area contributed by atoms with E-state index < -0.39 is 6.04 Å². The Morgan fingerprint density at radius 3 is 2.86 bits per heavy atom. The summed E-state index contributed by atoms with van der Waals surface area (Å²) in [5.41, 5.74) is 5.72. The lowest BCUT2D eigenvalue weighted by molar-refractivity contribution is -0.117. The summed E-state index contributed by atoms with van der Waals surface area (Å²) in [7, 11) is 0. The average Bonchev–Trinajstić information content (AvgIpc) is 2.12. The first kappa shape index (κ1) is 11.0. The van der Waals surface area contributed by atoms with Crippen LogP contribution in [0.5, 0.6) is 5.75 Å². The number of carbonyl (C=O) groups excluding carboxylic acids is 1. The molecule has 0 saturated heterocycles. The highest BCUT2D eigenvalue weighted by Crippen LogP contribution is 2.31. The van der Waals surface area contributed by atoms with E-state index in [2.05, 4.69) is 21.2 Å². The fourth-order valence-corrected chi connectivity index (χ4v) is 1.23. The maximum atomic E-state index is 11.2. The van der Waals surface area contributed by atoms with Crippen LogP contribution >= 0.6 is 15.9 Å². The highest BCUT2D eigenvalue weighted by molar-refractivity contribution is 9.10. The molecule has 4 nitrogen and oxygen atoms in total. The molecule has 1 aromatic carbocycles. The highest BCUT2D eigenvalue weighted by atomic mass is 79.9. The van der Waals surface area contributed by atoms with Gasteiger partial charge >= 0.3 is 0 Å². The number of halogens is 1. The standard InChI is InChI=1S/C9H11BrN2O2/c1-5(11)9(14)12-7-4-2-3-6(10)8(7)13/h2-5,13H,11H2,1H3,(H,12,14). The fraction of sp³-hybridized carbons (Fsp3) is 0.222. The second-order valence-electron chi connectivity index (χ2n) is 2.91. The first-order valence-electron chi connectivity index (χ1n) is 4.06. The molecule has 1 unspecified atom stereocenters. The van der Waals surface area contributed by atoms with Crippen molar-refractivity contribution >= 4 is 27.5 Å². The molecule has 0 aliphatic carbocycles. The number of rotatable bonds is 2. The Bertz CT molecular complexity index is 353. The quantitative estimate of drug-likeness (QED) is 0.703. The molecule has 14 heavy (non-hydrogen) atoms. The molecular weight excluding hydrogens is 248 g/mol. The number of anilines is 1. The molecule has 1 amide bonds. The van der Waals surface area contributed by atoms with Gasteiger partial charge < -0.3 is 16.2 Å². The Labute approximate surface area is 90.2 Å². The molecule has 4 N–H and O–H groups in total. The number of para-hydroxylation sites is 1. The Morgan fingerprint density at radius 2 is 2.29 bits per heavy atom. The summed E-state index contributed by atoms with van der Waals surface area (Å²) in [6.45, 7) is 1.57. The number of phenolic OH excluding ortho intramolecular Hbond substituents is 1. The van der Waals surface area contributed by atoms with Crippen LogP contribution in [0, 0.1) is 0 Å². The Morgan fingerprint density at radius 1 is 1.64 bits per heavy atom. The van der Waals surface area contributed by atoms with Crippen molar-refractivity contribution in [3.8, 4) is 5.75 Å². The van der Waals surface area contributed by atoms with Crippen molar-refractivity contribution in [3.63, 3.8) is 0 Å². The summed E-state index contributed by atoms with van der Waals surface area (Å²) in [5.74, 6) is -0.333. The molecule has 1 atom stereocenters. The molecule has 0 fully saturated rings. The summed E-state index contributed by atoms with van der Waals surface area (Å²) in [5, 5.41) is 12.0. The van der Waals surface area contributed by atoms with Gasteiger partial charge in [-0.1, -0.05) is 6.07 Å². The number of nitrogens with one attached hydrogen (secondary N) is 1. The van der Waals surface area contributed by atoms with E-state index in [1.54, 1.807) is 25.1 Å². The molecule has 5 heteroatoms. The SMILES string of the molecule is CC(N)C(=O)Nc1cccc(Br)c1O. The molecule has 0 aliphatic heterocycles. The topological polar surface area (TPSA) is 75.4 Å². The molecule has 1 rings (SSSR count). The Kier molecular flexibility index (Phi) is 3.49. The highest BCUT2D eigenvalue weighted by Gasteiger charge is 2.11. The Balaban J connectivity index is 2.87. The minimum Gasteiger partial charge on any atom is -0.505 e. The second-order valence-corrected chi connectivity index (χ2v) is 3.77. The van der Waals surface area contributed by atoms with E-state index in [-0.39, 0.29) is 11.7 Å². The smallest absolute Gasteiger partial charge is 0.241 e. The number of aromatic hydroxyl groups is 1. The van der Waals surface area contributed by atoms with Gasteiger partial charge in [-0.05, 0) is 35.0 Å². The minimum atomic E-state index is -0.603. The van der Waals surface area contributed by atoms with Gasteiger partial charge in [0.25, 0.3) is 0 Å². The molecule has 0 spiro atoms. The van der Waals surface area contributed by atoms with E-state index >= 15 is 0 Å². The summed E-state index contributed by atoms with van der Waals surface area (Å²) < 4.78 is 0.528. The largest absolute Gasteiger partial charge is 0.505 e. The first-order chi connectivity index (χ1) is 6.52. The van der Waals surface area contributed by atoms with Crippen LogP contribution in [-0.2, 0) is 4.79 Å². The molecule has 0 radical (unpaired) electrons. The van der Waals surface area contributed by atoms with Crippen LogP contribution in [0.1, 0.15) is 6.92 Å². The lowest BCUT2D eigenvalue weighted by Crippen LogP contribution is -2.32. The summed E-state index contributed by atoms with van der Waals surface area (Å²) in [4.78, 5) is 11.2. The molecule has 76 valence electrons. The van der Waals surface area contributed by atoms with E-state index in [9.17, 15) is 9.90 Å². The zero-order valence-electron chi connectivity index (χ0n) is 7.62. The summed E-state index contributed by atoms with van der Waals surface area (Å²) >= 11 is 3.14. The van der Waals surface area contributed by atoms with Gasteiger partial charge in [-0.3, -0.25) is 4.79 Å². The predicted octanol–water partition coefficient (Wildman–Crippen LogP) is 1.44. The number of hydrogen-bond acceptors (Lipinski definition) is 3. The normalized spacial score (nSPS) is 12.2. The van der Waals surface area contributed by atoms with Crippen LogP contribution in [-0.4, -0.2) is 17.1 Å². The zero-order valence-corrected chi connectivity index (χ0v) is 9.21. The van der Waals surface area contributed by atoms with Crippen LogP contribution in [0.3, 0.4) is 0 Å². The van der Waals surface area contributed by atoms with Gasteiger partial charge in [0.2, 0.25) is 5.91 Å². The number of nitrogens with two attached hydrogens (primary N) is 1. The first-order valence-corrected chi connectivity index (χ1v) is 4.85. The van der Waals surface area contributed by atoms with Gasteiger partial charge in [0.05, 0.1) is 16.2 Å². The molecule has 0 bridgehead atoms. The van der Waals surface area contributed by atoms with E-state index in [0.29, 0.717) is 10.2 Å². The van der Waals surface area contributed by atoms with Crippen molar-refractivity contribution in [2.75, 3.05) is 5.32 Å². The molecule has 0 aliphatic rings. The van der Waals surface area contributed by atoms with Crippen LogP contribution in [0.2, 0.25) is 0 Å². The van der Waals surface area contributed by atoms with Crippen molar-refractivity contribution in [2.24, 2.45) is 5.73 Å². The molecular formula is C9H11BrN2O2. The van der Waals surface area contributed by atoms with E-state index in [1.165, 1.54) is 0 Å². The van der Waals surface area contributed by atoms with E-state index in [0.717, 1.165) is 0 Å². The van der Waals surface area contributed by atoms with Gasteiger partial charge in [-0.15, -0.1) is 0 Å². The van der Waals surface area contributed by atoms with Crippen molar-refractivity contribution in [1.29, 1.82) is 0 Å². The average molecular weight is 259 g/mol. The monoisotopic (exact) mass is 258 g/mol. The summed E-state index contributed by atoms with van der Waals surface area (Å²) in [6, 6.07) is 4.38. The Hall–Kier alpha value is -1.07. The lowest BCUT2D eigenvalue weighted by atomic mass is 10.2. The number of carbonyl (C=O) groups is 1. The molecule has 1 aromatic rings. The molecule has 0 heterocycles. The fourth-order valence-electron chi connectivity index (χ4n) is 0.863. The summed E-state index contributed by atoms with van der Waals surface area (Å²) in [6.07, 6.45) is 0. The van der Waals surface area contributed by atoms with Gasteiger partial charge in [0.1, 0.15) is 0 Å².